The third-order valence-electron chi connectivity index (χ3n) is 3.50. The van der Waals surface area contributed by atoms with Gasteiger partial charge in [0.1, 0.15) is 11.7 Å². The van der Waals surface area contributed by atoms with Crippen molar-refractivity contribution in [2.24, 2.45) is 4.99 Å². The number of hydrogen-bond donors (Lipinski definition) is 3. The molecule has 0 amide bonds. The highest BCUT2D eigenvalue weighted by molar-refractivity contribution is 7.98. The third-order valence-corrected chi connectivity index (χ3v) is 4.33. The molecule has 5 nitrogen and oxygen atoms in total. The molecular weight excluding hydrogens is 435 g/mol. The fourth-order valence-electron chi connectivity index (χ4n) is 2.27. The summed E-state index contributed by atoms with van der Waals surface area (Å²) in [4.78, 5) is 8.50. The summed E-state index contributed by atoms with van der Waals surface area (Å²) < 4.78 is 45.0. The number of halogens is 4. The van der Waals surface area contributed by atoms with Crippen LogP contribution in [0.25, 0.3) is 10.9 Å². The molecule has 0 saturated heterocycles. The third kappa shape index (κ3) is 7.23. The Balaban J connectivity index is 0.00000218. The quantitative estimate of drug-likeness (QED) is 0.188. The van der Waals surface area contributed by atoms with Crippen molar-refractivity contribution in [3.63, 3.8) is 0 Å². The van der Waals surface area contributed by atoms with E-state index in [2.05, 4.69) is 31.3 Å². The van der Waals surface area contributed by atoms with Gasteiger partial charge in [0.25, 0.3) is 0 Å². The van der Waals surface area contributed by atoms with Crippen LogP contribution in [-0.4, -0.2) is 30.6 Å². The number of aromatic nitrogens is 1. The highest BCUT2D eigenvalue weighted by atomic mass is 35.5. The van der Waals surface area contributed by atoms with Gasteiger partial charge in [-0.05, 0) is 44.3 Å². The summed E-state index contributed by atoms with van der Waals surface area (Å²) in [6, 6.07) is 6.93. The fourth-order valence-corrected chi connectivity index (χ4v) is 2.87. The molecule has 1 heterocycles. The standard InChI is InChI=1S/C18H19ClF3N5S.C2H6/c1-4-11(18(20,21)22)10-16(24-5-2)25-15-9-6-12-14(27-28-23-3)8-7-13(19)17(12)26-15;1-2/h4,6-10,23,27H,1,5H2,2-3H3,(H,24,25,26);1-2H3/b11-10+;. The summed E-state index contributed by atoms with van der Waals surface area (Å²) in [5.41, 5.74) is 0.403. The van der Waals surface area contributed by atoms with E-state index in [9.17, 15) is 13.2 Å². The van der Waals surface area contributed by atoms with E-state index in [4.69, 9.17) is 11.6 Å². The monoisotopic (exact) mass is 459 g/mol. The van der Waals surface area contributed by atoms with Crippen molar-refractivity contribution in [1.29, 1.82) is 0 Å². The maximum atomic E-state index is 13.0. The molecule has 30 heavy (non-hydrogen) atoms. The van der Waals surface area contributed by atoms with Crippen LogP contribution in [0.3, 0.4) is 0 Å². The van der Waals surface area contributed by atoms with Crippen LogP contribution in [0.2, 0.25) is 5.02 Å². The van der Waals surface area contributed by atoms with E-state index in [1.165, 1.54) is 12.1 Å². The Labute approximate surface area is 184 Å². The molecular formula is C20H25ClF3N5S. The van der Waals surface area contributed by atoms with Gasteiger partial charge in [0.15, 0.2) is 0 Å². The molecule has 1 aromatic heterocycles. The molecule has 164 valence electrons. The number of aliphatic imine (C=N–C) groups is 1. The first-order valence-electron chi connectivity index (χ1n) is 9.20. The lowest BCUT2D eigenvalue weighted by molar-refractivity contribution is -0.0880. The van der Waals surface area contributed by atoms with E-state index in [0.29, 0.717) is 22.9 Å². The van der Waals surface area contributed by atoms with E-state index >= 15 is 0 Å². The Morgan fingerprint density at radius 3 is 2.53 bits per heavy atom. The number of pyridine rings is 1. The number of benzene rings is 1. The van der Waals surface area contributed by atoms with Crippen LogP contribution in [-0.2, 0) is 0 Å². The van der Waals surface area contributed by atoms with Gasteiger partial charge in [-0.3, -0.25) is 4.99 Å². The molecule has 0 fully saturated rings. The average molecular weight is 460 g/mol. The van der Waals surface area contributed by atoms with Crippen LogP contribution in [0.1, 0.15) is 20.8 Å². The smallest absolute Gasteiger partial charge is 0.325 e. The van der Waals surface area contributed by atoms with E-state index in [1.807, 2.05) is 19.9 Å². The summed E-state index contributed by atoms with van der Waals surface area (Å²) >= 11 is 7.54. The van der Waals surface area contributed by atoms with Gasteiger partial charge in [0, 0.05) is 24.1 Å². The summed E-state index contributed by atoms with van der Waals surface area (Å²) in [6.07, 6.45) is -2.88. The Morgan fingerprint density at radius 1 is 1.27 bits per heavy atom. The molecule has 0 radical (unpaired) electrons. The zero-order valence-electron chi connectivity index (χ0n) is 17.2. The predicted octanol–water partition coefficient (Wildman–Crippen LogP) is 6.61. The summed E-state index contributed by atoms with van der Waals surface area (Å²) in [7, 11) is 1.77. The van der Waals surface area contributed by atoms with Crippen molar-refractivity contribution >= 4 is 52.0 Å². The van der Waals surface area contributed by atoms with E-state index < -0.39 is 11.7 Å². The lowest BCUT2D eigenvalue weighted by atomic mass is 10.2. The number of nitrogens with one attached hydrogen (secondary N) is 3. The molecule has 3 N–H and O–H groups in total. The molecule has 0 spiro atoms. The molecule has 1 aromatic carbocycles. The molecule has 0 aliphatic rings. The average Bonchev–Trinajstić information content (AvgIpc) is 2.72. The minimum atomic E-state index is -4.52. The van der Waals surface area contributed by atoms with Gasteiger partial charge in [-0.1, -0.05) is 38.1 Å². The molecule has 0 saturated carbocycles. The molecule has 0 aliphatic heterocycles. The highest BCUT2D eigenvalue weighted by Crippen LogP contribution is 2.31. The van der Waals surface area contributed by atoms with Gasteiger partial charge < -0.3 is 10.0 Å². The number of hydrogen-bond acceptors (Lipinski definition) is 5. The van der Waals surface area contributed by atoms with E-state index in [0.717, 1.165) is 23.2 Å². The Hall–Kier alpha value is -2.23. The molecule has 0 aliphatic carbocycles. The fraction of sp³-hybridized carbons (Fsp3) is 0.300. The molecule has 0 atom stereocenters. The maximum Gasteiger partial charge on any atom is 0.416 e. The predicted molar refractivity (Wildman–Crippen MR) is 124 cm³/mol. The lowest BCUT2D eigenvalue weighted by Crippen LogP contribution is -2.16. The maximum absolute atomic E-state index is 13.0. The van der Waals surface area contributed by atoms with Crippen molar-refractivity contribution in [3.05, 3.63) is 53.6 Å². The van der Waals surface area contributed by atoms with E-state index in [-0.39, 0.29) is 5.84 Å². The Kier molecular flexibility index (Phi) is 10.7. The van der Waals surface area contributed by atoms with Crippen LogP contribution in [0.15, 0.2) is 53.6 Å². The zero-order valence-corrected chi connectivity index (χ0v) is 18.8. The normalized spacial score (nSPS) is 12.3. The Morgan fingerprint density at radius 2 is 1.97 bits per heavy atom. The van der Waals surface area contributed by atoms with Gasteiger partial charge in [0.2, 0.25) is 0 Å². The Bertz CT molecular complexity index is 913. The van der Waals surface area contributed by atoms with Crippen molar-refractivity contribution in [2.45, 2.75) is 26.9 Å². The van der Waals surface area contributed by atoms with Crippen LogP contribution in [0, 0.1) is 0 Å². The number of fused-ring (bicyclic) bond motifs is 1. The lowest BCUT2D eigenvalue weighted by Gasteiger charge is -2.12. The molecule has 2 aromatic rings. The number of alkyl halides is 3. The van der Waals surface area contributed by atoms with Gasteiger partial charge in [-0.15, -0.1) is 0 Å². The number of allylic oxidation sites excluding steroid dienone is 2. The van der Waals surface area contributed by atoms with Crippen LogP contribution >= 0.6 is 23.7 Å². The first-order valence-corrected chi connectivity index (χ1v) is 10.4. The molecule has 10 heteroatoms. The van der Waals surface area contributed by atoms with Gasteiger partial charge in [-0.2, -0.15) is 13.2 Å². The minimum absolute atomic E-state index is 0.0257. The van der Waals surface area contributed by atoms with Gasteiger partial charge >= 0.3 is 6.18 Å². The summed E-state index contributed by atoms with van der Waals surface area (Å²) in [5, 5.41) is 4.01. The second-order valence-electron chi connectivity index (χ2n) is 5.38. The van der Waals surface area contributed by atoms with Crippen LogP contribution < -0.4 is 14.8 Å². The molecule has 0 bridgehead atoms. The minimum Gasteiger partial charge on any atom is -0.325 e. The second-order valence-corrected chi connectivity index (χ2v) is 6.61. The molecule has 0 unspecified atom stereocenters. The van der Waals surface area contributed by atoms with Gasteiger partial charge in [0.05, 0.1) is 21.8 Å². The van der Waals surface area contributed by atoms with Crippen molar-refractivity contribution in [1.82, 2.24) is 9.71 Å². The number of amidine groups is 1. The SMILES string of the molecule is C=C/C(=C\C(=NCC)Nc1ccc2c(NSNC)ccc(Cl)c2n1)C(F)(F)F.CC. The first-order chi connectivity index (χ1) is 14.3. The van der Waals surface area contributed by atoms with Crippen molar-refractivity contribution in [2.75, 3.05) is 23.6 Å². The zero-order chi connectivity index (χ0) is 22.7. The largest absolute Gasteiger partial charge is 0.416 e. The van der Waals surface area contributed by atoms with Crippen molar-refractivity contribution in [3.8, 4) is 0 Å². The van der Waals surface area contributed by atoms with E-state index in [1.54, 1.807) is 32.2 Å². The number of rotatable bonds is 7. The van der Waals surface area contributed by atoms with Gasteiger partial charge in [-0.25, -0.2) is 9.71 Å². The van der Waals surface area contributed by atoms with Crippen molar-refractivity contribution < 1.29 is 13.2 Å². The number of anilines is 2. The van der Waals surface area contributed by atoms with Crippen LogP contribution in [0.5, 0.6) is 0 Å². The topological polar surface area (TPSA) is 61.3 Å². The summed E-state index contributed by atoms with van der Waals surface area (Å²) in [5.74, 6) is 0.347. The molecule has 2 rings (SSSR count). The van der Waals surface area contributed by atoms with Crippen LogP contribution in [0.4, 0.5) is 24.7 Å². The second kappa shape index (κ2) is 12.5. The summed E-state index contributed by atoms with van der Waals surface area (Å²) in [6.45, 7) is 9.23. The highest BCUT2D eigenvalue weighted by Gasteiger charge is 2.31. The first kappa shape index (κ1) is 25.8. The number of nitrogens with zero attached hydrogens (tertiary/aromatic N) is 2.